The van der Waals surface area contributed by atoms with Crippen LogP contribution in [-0.4, -0.2) is 46.6 Å². The minimum atomic E-state index is -0.659. The van der Waals surface area contributed by atoms with Gasteiger partial charge in [-0.05, 0) is 87.9 Å². The lowest BCUT2D eigenvalue weighted by molar-refractivity contribution is -0.128. The number of hydrogen-bond donors (Lipinski definition) is 3. The van der Waals surface area contributed by atoms with Crippen molar-refractivity contribution in [2.75, 3.05) is 6.61 Å². The number of allylic oxidation sites excluding steroid dienone is 4. The molecule has 3 N–H and O–H groups in total. The molecule has 3 aliphatic carbocycles. The Labute approximate surface area is 193 Å². The van der Waals surface area contributed by atoms with E-state index in [1.54, 1.807) is 0 Å². The van der Waals surface area contributed by atoms with E-state index in [4.69, 9.17) is 4.74 Å². The normalized spacial score (nSPS) is 34.4. The zero-order valence-corrected chi connectivity index (χ0v) is 20.4. The SMILES string of the molecule is C=C1C(=CC=C2CCC[C@]3(C)C([C@H](C)OCC(=O)NC(C)(C)C)=CC[C@@H]23)C[C@@H](O)C[C@@H]1O. The van der Waals surface area contributed by atoms with Crippen molar-refractivity contribution < 1.29 is 19.7 Å². The van der Waals surface area contributed by atoms with Gasteiger partial charge in [0.25, 0.3) is 0 Å². The lowest BCUT2D eigenvalue weighted by Crippen LogP contribution is -2.43. The van der Waals surface area contributed by atoms with Crippen molar-refractivity contribution in [2.24, 2.45) is 11.3 Å². The summed E-state index contributed by atoms with van der Waals surface area (Å²) in [5.41, 5.74) is 4.16. The first-order valence-electron chi connectivity index (χ1n) is 12.0. The number of ether oxygens (including phenoxy) is 1. The van der Waals surface area contributed by atoms with Crippen LogP contribution in [0, 0.1) is 11.3 Å². The van der Waals surface area contributed by atoms with E-state index in [1.807, 2.05) is 20.8 Å². The van der Waals surface area contributed by atoms with Crippen LogP contribution in [0.4, 0.5) is 0 Å². The molecule has 0 saturated heterocycles. The van der Waals surface area contributed by atoms with Gasteiger partial charge >= 0.3 is 0 Å². The second-order valence-electron chi connectivity index (χ2n) is 11.0. The summed E-state index contributed by atoms with van der Waals surface area (Å²) in [6.07, 6.45) is 10.5. The predicted molar refractivity (Wildman–Crippen MR) is 128 cm³/mol. The van der Waals surface area contributed by atoms with Crippen molar-refractivity contribution in [1.29, 1.82) is 0 Å². The van der Waals surface area contributed by atoms with Crippen LogP contribution in [0.2, 0.25) is 0 Å². The zero-order valence-electron chi connectivity index (χ0n) is 20.4. The number of rotatable bonds is 5. The van der Waals surface area contributed by atoms with Crippen molar-refractivity contribution in [2.45, 2.75) is 97.0 Å². The molecule has 32 heavy (non-hydrogen) atoms. The highest BCUT2D eigenvalue weighted by molar-refractivity contribution is 5.77. The Balaban J connectivity index is 1.69. The van der Waals surface area contributed by atoms with Crippen molar-refractivity contribution in [3.05, 3.63) is 47.1 Å². The lowest BCUT2D eigenvalue weighted by atomic mass is 9.63. The van der Waals surface area contributed by atoms with E-state index in [-0.39, 0.29) is 29.6 Å². The Bertz CT molecular complexity index is 831. The van der Waals surface area contributed by atoms with E-state index in [9.17, 15) is 15.0 Å². The second kappa shape index (κ2) is 9.66. The first-order valence-corrected chi connectivity index (χ1v) is 12.0. The highest BCUT2D eigenvalue weighted by Gasteiger charge is 2.46. The summed E-state index contributed by atoms with van der Waals surface area (Å²) >= 11 is 0. The molecular formula is C27H41NO4. The second-order valence-corrected chi connectivity index (χ2v) is 11.0. The molecule has 1 amide bonds. The Morgan fingerprint density at radius 1 is 1.38 bits per heavy atom. The van der Waals surface area contributed by atoms with Gasteiger partial charge in [-0.1, -0.05) is 37.3 Å². The summed E-state index contributed by atoms with van der Waals surface area (Å²) in [5.74, 6) is 0.335. The Morgan fingerprint density at radius 2 is 2.09 bits per heavy atom. The molecule has 5 atom stereocenters. The standard InChI is InChI=1S/C27H41NO4/c1-17-20(14-21(29)15-24(17)30)10-9-19-8-7-13-27(6)22(11-12-23(19)27)18(2)32-16-25(31)28-26(3,4)5/h9-11,18,21,23-24,29-30H,1,7-8,12-16H2,2-6H3,(H,28,31)/t18-,21+,23-,24-,27+/m0/s1. The fourth-order valence-electron chi connectivity index (χ4n) is 5.69. The molecule has 0 bridgehead atoms. The highest BCUT2D eigenvalue weighted by Crippen LogP contribution is 2.55. The molecule has 0 heterocycles. The molecule has 0 unspecified atom stereocenters. The number of aliphatic hydroxyl groups excluding tert-OH is 2. The average molecular weight is 444 g/mol. The number of amides is 1. The van der Waals surface area contributed by atoms with Crippen LogP contribution in [0.3, 0.4) is 0 Å². The van der Waals surface area contributed by atoms with Gasteiger partial charge in [-0.25, -0.2) is 0 Å². The monoisotopic (exact) mass is 443 g/mol. The molecule has 178 valence electrons. The third kappa shape index (κ3) is 5.62. The summed E-state index contributed by atoms with van der Waals surface area (Å²) in [4.78, 5) is 12.2. The quantitative estimate of drug-likeness (QED) is 0.552. The van der Waals surface area contributed by atoms with Crippen molar-refractivity contribution in [1.82, 2.24) is 5.32 Å². The fourth-order valence-corrected chi connectivity index (χ4v) is 5.69. The summed E-state index contributed by atoms with van der Waals surface area (Å²) in [6.45, 7) is 14.4. The van der Waals surface area contributed by atoms with Crippen molar-refractivity contribution >= 4 is 5.91 Å². The molecule has 3 rings (SSSR count). The van der Waals surface area contributed by atoms with Gasteiger partial charge in [0, 0.05) is 12.0 Å². The molecule has 0 aliphatic heterocycles. The minimum absolute atomic E-state index is 0.0328. The molecule has 5 heteroatoms. The van der Waals surface area contributed by atoms with Crippen LogP contribution in [0.15, 0.2) is 47.1 Å². The van der Waals surface area contributed by atoms with E-state index in [2.05, 4.69) is 44.0 Å². The number of carbonyl (C=O) groups excluding carboxylic acids is 1. The lowest BCUT2D eigenvalue weighted by Gasteiger charge is -2.42. The van der Waals surface area contributed by atoms with Crippen LogP contribution in [-0.2, 0) is 9.53 Å². The molecular weight excluding hydrogens is 402 g/mol. The van der Waals surface area contributed by atoms with Crippen molar-refractivity contribution in [3.8, 4) is 0 Å². The van der Waals surface area contributed by atoms with Crippen LogP contribution in [0.5, 0.6) is 0 Å². The maximum atomic E-state index is 12.2. The molecule has 3 aliphatic rings. The largest absolute Gasteiger partial charge is 0.393 e. The summed E-state index contributed by atoms with van der Waals surface area (Å²) in [7, 11) is 0. The molecule has 0 aromatic rings. The maximum Gasteiger partial charge on any atom is 0.246 e. The summed E-state index contributed by atoms with van der Waals surface area (Å²) in [6, 6.07) is 0. The van der Waals surface area contributed by atoms with Gasteiger partial charge in [0.2, 0.25) is 5.91 Å². The van der Waals surface area contributed by atoms with Gasteiger partial charge in [0.15, 0.2) is 0 Å². The molecule has 0 spiro atoms. The third-order valence-corrected chi connectivity index (χ3v) is 7.29. The van der Waals surface area contributed by atoms with Crippen LogP contribution < -0.4 is 5.32 Å². The minimum Gasteiger partial charge on any atom is -0.393 e. The number of nitrogens with one attached hydrogen (secondary N) is 1. The van der Waals surface area contributed by atoms with Crippen LogP contribution in [0.1, 0.15) is 73.1 Å². The Morgan fingerprint density at radius 3 is 2.78 bits per heavy atom. The smallest absolute Gasteiger partial charge is 0.246 e. The molecule has 0 radical (unpaired) electrons. The number of hydrogen-bond acceptors (Lipinski definition) is 4. The zero-order chi connectivity index (χ0) is 23.7. The first kappa shape index (κ1) is 24.9. The van der Waals surface area contributed by atoms with Crippen LogP contribution in [0.25, 0.3) is 0 Å². The van der Waals surface area contributed by atoms with E-state index in [1.165, 1.54) is 11.1 Å². The maximum absolute atomic E-state index is 12.2. The van der Waals surface area contributed by atoms with Gasteiger partial charge in [-0.3, -0.25) is 4.79 Å². The number of carbonyl (C=O) groups is 1. The van der Waals surface area contributed by atoms with E-state index in [0.29, 0.717) is 18.8 Å². The Kier molecular flexibility index (Phi) is 7.53. The summed E-state index contributed by atoms with van der Waals surface area (Å²) < 4.78 is 6.00. The highest BCUT2D eigenvalue weighted by atomic mass is 16.5. The topological polar surface area (TPSA) is 78.8 Å². The van der Waals surface area contributed by atoms with E-state index >= 15 is 0 Å². The predicted octanol–water partition coefficient (Wildman–Crippen LogP) is 4.37. The van der Waals surface area contributed by atoms with Gasteiger partial charge < -0.3 is 20.3 Å². The van der Waals surface area contributed by atoms with E-state index in [0.717, 1.165) is 36.8 Å². The molecule has 0 aromatic carbocycles. The number of fused-ring (bicyclic) bond motifs is 1. The summed E-state index contributed by atoms with van der Waals surface area (Å²) in [5, 5.41) is 23.1. The van der Waals surface area contributed by atoms with Crippen LogP contribution >= 0.6 is 0 Å². The number of aliphatic hydroxyl groups is 2. The average Bonchev–Trinajstić information content (AvgIpc) is 3.04. The Hall–Kier alpha value is -1.69. The van der Waals surface area contributed by atoms with Gasteiger partial charge in [-0.15, -0.1) is 0 Å². The molecule has 5 nitrogen and oxygen atoms in total. The first-order chi connectivity index (χ1) is 14.9. The third-order valence-electron chi connectivity index (χ3n) is 7.29. The fraction of sp³-hybridized carbons (Fsp3) is 0.667. The van der Waals surface area contributed by atoms with E-state index < -0.39 is 12.2 Å². The van der Waals surface area contributed by atoms with Gasteiger partial charge in [-0.2, -0.15) is 0 Å². The van der Waals surface area contributed by atoms with Crippen molar-refractivity contribution in [3.63, 3.8) is 0 Å². The van der Waals surface area contributed by atoms with Gasteiger partial charge in [0.1, 0.15) is 6.61 Å². The van der Waals surface area contributed by atoms with Gasteiger partial charge in [0.05, 0.1) is 18.3 Å². The molecule has 2 saturated carbocycles. The molecule has 2 fully saturated rings. The molecule has 0 aromatic heterocycles.